The van der Waals surface area contributed by atoms with E-state index >= 15 is 0 Å². The summed E-state index contributed by atoms with van der Waals surface area (Å²) in [6, 6.07) is 0. The maximum atomic E-state index is 3.77. The van der Waals surface area contributed by atoms with Gasteiger partial charge in [-0.15, -0.1) is 0 Å². The molecule has 0 nitrogen and oxygen atoms in total. The molecule has 0 saturated heterocycles. The molecule has 0 heterocycles. The van der Waals surface area contributed by atoms with Gasteiger partial charge in [0, 0.05) is 0 Å². The van der Waals surface area contributed by atoms with E-state index in [4.69, 9.17) is 0 Å². The zero-order chi connectivity index (χ0) is 4.50. The standard InChI is InChI=1S/C5H11.CH3.Au.Li/c1-5(2,3)4;;;/h1H2,2-4H3;1H3;;/q2*-1;2*+1. The predicted molar refractivity (Wildman–Crippen MR) is 31.2 cm³/mol. The van der Waals surface area contributed by atoms with E-state index in [2.05, 4.69) is 27.7 Å². The summed E-state index contributed by atoms with van der Waals surface area (Å²) in [5.41, 5.74) is 0.250. The molecule has 0 aromatic rings. The van der Waals surface area contributed by atoms with Gasteiger partial charge >= 0.3 is 41.2 Å². The van der Waals surface area contributed by atoms with Crippen molar-refractivity contribution in [1.29, 1.82) is 0 Å². The van der Waals surface area contributed by atoms with E-state index in [1.807, 2.05) is 0 Å². The van der Waals surface area contributed by atoms with Crippen molar-refractivity contribution in [2.24, 2.45) is 5.41 Å². The first-order chi connectivity index (χ1) is 2.00. The van der Waals surface area contributed by atoms with E-state index in [0.717, 1.165) is 0 Å². The van der Waals surface area contributed by atoms with Crippen molar-refractivity contribution in [2.45, 2.75) is 20.8 Å². The van der Waals surface area contributed by atoms with E-state index in [-0.39, 0.29) is 54.1 Å². The van der Waals surface area contributed by atoms with E-state index in [0.29, 0.717) is 0 Å². The summed E-state index contributed by atoms with van der Waals surface area (Å²) in [6.07, 6.45) is 0. The summed E-state index contributed by atoms with van der Waals surface area (Å²) in [5.74, 6) is 0. The Kier molecular flexibility index (Phi) is 23.7. The second kappa shape index (κ2) is 8.34. The van der Waals surface area contributed by atoms with Crippen LogP contribution in [-0.4, -0.2) is 0 Å². The molecule has 0 aliphatic carbocycles. The molecule has 0 atom stereocenters. The van der Waals surface area contributed by atoms with Crippen molar-refractivity contribution in [3.8, 4) is 0 Å². The molecule has 0 N–H and O–H groups in total. The van der Waals surface area contributed by atoms with Crippen molar-refractivity contribution < 1.29 is 41.2 Å². The molecule has 0 amide bonds. The second-order valence-corrected chi connectivity index (χ2v) is 2.56. The van der Waals surface area contributed by atoms with E-state index in [1.54, 1.807) is 0 Å². The molecule has 0 aromatic heterocycles. The normalized spacial score (nSPS) is 7.50. The van der Waals surface area contributed by atoms with Crippen LogP contribution in [-0.2, 0) is 22.4 Å². The summed E-state index contributed by atoms with van der Waals surface area (Å²) in [6.45, 7) is 10.0. The van der Waals surface area contributed by atoms with Gasteiger partial charge in [-0.3, -0.25) is 0 Å². The molecule has 0 saturated carbocycles. The topological polar surface area (TPSA) is 0 Å². The summed E-state index contributed by atoms with van der Waals surface area (Å²) in [5, 5.41) is 0. The minimum absolute atomic E-state index is 0. The third-order valence-corrected chi connectivity index (χ3v) is 0. The second-order valence-electron chi connectivity index (χ2n) is 2.56. The predicted octanol–water partition coefficient (Wildman–Crippen LogP) is -0.682. The minimum atomic E-state index is 0. The maximum Gasteiger partial charge on any atom is 1.00 e. The first-order valence-corrected chi connectivity index (χ1v) is 1.85. The molecule has 50 valence electrons. The van der Waals surface area contributed by atoms with Gasteiger partial charge in [-0.2, -0.15) is 5.41 Å². The van der Waals surface area contributed by atoms with Crippen molar-refractivity contribution in [2.75, 3.05) is 0 Å². The van der Waals surface area contributed by atoms with Gasteiger partial charge in [0.15, 0.2) is 0 Å². The molecule has 2 heteroatoms. The van der Waals surface area contributed by atoms with Gasteiger partial charge in [-0.25, -0.2) is 0 Å². The molecular weight excluding hydrogens is 276 g/mol. The van der Waals surface area contributed by atoms with Gasteiger partial charge < -0.3 is 14.4 Å². The number of hydrogen-bond donors (Lipinski definition) is 0. The van der Waals surface area contributed by atoms with Crippen LogP contribution < -0.4 is 18.9 Å². The first kappa shape index (κ1) is 22.8. The zero-order valence-corrected chi connectivity index (χ0v) is 8.68. The molecule has 0 unspecified atom stereocenters. The quantitative estimate of drug-likeness (QED) is 0.410. The Labute approximate surface area is 81.5 Å². The van der Waals surface area contributed by atoms with Gasteiger partial charge in [0.1, 0.15) is 0 Å². The molecule has 0 radical (unpaired) electrons. The monoisotopic (exact) mass is 290 g/mol. The molecule has 0 rings (SSSR count). The third kappa shape index (κ3) is 165. The van der Waals surface area contributed by atoms with Crippen LogP contribution in [0.1, 0.15) is 20.8 Å². The smallest absolute Gasteiger partial charge is 0.358 e. The van der Waals surface area contributed by atoms with E-state index in [1.165, 1.54) is 0 Å². The Morgan fingerprint density at radius 2 is 1.12 bits per heavy atom. The third-order valence-electron chi connectivity index (χ3n) is 0. The fraction of sp³-hybridized carbons (Fsp3) is 0.667. The Bertz CT molecular complexity index is 24.0. The van der Waals surface area contributed by atoms with Crippen LogP contribution in [0.15, 0.2) is 0 Å². The van der Waals surface area contributed by atoms with Crippen LogP contribution in [0.5, 0.6) is 0 Å². The number of hydrogen-bond acceptors (Lipinski definition) is 0. The largest absolute Gasteiger partial charge is 1.00 e. The van der Waals surface area contributed by atoms with Crippen LogP contribution in [0, 0.1) is 19.8 Å². The van der Waals surface area contributed by atoms with Crippen molar-refractivity contribution in [1.82, 2.24) is 0 Å². The Morgan fingerprint density at radius 1 is 1.12 bits per heavy atom. The van der Waals surface area contributed by atoms with Gasteiger partial charge in [-0.05, 0) is 0 Å². The molecule has 0 fully saturated rings. The van der Waals surface area contributed by atoms with E-state index < -0.39 is 0 Å². The average Bonchev–Trinajstić information content (AvgIpc) is 0.722. The average molecular weight is 290 g/mol. The Balaban J connectivity index is -0.0000000267. The molecule has 8 heavy (non-hydrogen) atoms. The summed E-state index contributed by atoms with van der Waals surface area (Å²) in [4.78, 5) is 0. The van der Waals surface area contributed by atoms with Gasteiger partial charge in [0.2, 0.25) is 0 Å². The van der Waals surface area contributed by atoms with Crippen LogP contribution in [0.3, 0.4) is 0 Å². The van der Waals surface area contributed by atoms with Crippen LogP contribution in [0.25, 0.3) is 0 Å². The Hall–Kier alpha value is 1.34. The van der Waals surface area contributed by atoms with Crippen LogP contribution in [0.4, 0.5) is 0 Å². The summed E-state index contributed by atoms with van der Waals surface area (Å²) in [7, 11) is 0. The maximum absolute atomic E-state index is 3.77. The molecule has 0 spiro atoms. The fourth-order valence-electron chi connectivity index (χ4n) is 0. The van der Waals surface area contributed by atoms with Crippen molar-refractivity contribution >= 4 is 0 Å². The Morgan fingerprint density at radius 3 is 1.12 bits per heavy atom. The SMILES string of the molecule is [Au+].[CH2-]C(C)(C)C.[CH3-].[Li+]. The van der Waals surface area contributed by atoms with Gasteiger partial charge in [0.05, 0.1) is 0 Å². The zero-order valence-electron chi connectivity index (χ0n) is 6.51. The van der Waals surface area contributed by atoms with Gasteiger partial charge in [0.25, 0.3) is 0 Å². The number of rotatable bonds is 0. The van der Waals surface area contributed by atoms with Crippen LogP contribution >= 0.6 is 0 Å². The van der Waals surface area contributed by atoms with E-state index in [9.17, 15) is 0 Å². The molecule has 0 aliphatic rings. The van der Waals surface area contributed by atoms with Crippen molar-refractivity contribution in [3.05, 3.63) is 14.4 Å². The summed E-state index contributed by atoms with van der Waals surface area (Å²) < 4.78 is 0. The minimum Gasteiger partial charge on any atom is -0.358 e. The van der Waals surface area contributed by atoms with Crippen LogP contribution in [0.2, 0.25) is 0 Å². The molecule has 0 bridgehead atoms. The molecule has 0 aliphatic heterocycles. The van der Waals surface area contributed by atoms with Crippen molar-refractivity contribution in [3.63, 3.8) is 0 Å². The molecular formula is C6H14AuLi. The fourth-order valence-corrected chi connectivity index (χ4v) is 0. The summed E-state index contributed by atoms with van der Waals surface area (Å²) >= 11 is 0. The molecule has 0 aromatic carbocycles. The first-order valence-electron chi connectivity index (χ1n) is 1.85. The van der Waals surface area contributed by atoms with Gasteiger partial charge in [-0.1, -0.05) is 20.8 Å².